The van der Waals surface area contributed by atoms with Gasteiger partial charge >= 0.3 is 0 Å². The lowest BCUT2D eigenvalue weighted by atomic mass is 10.0. The molecule has 0 bridgehead atoms. The summed E-state index contributed by atoms with van der Waals surface area (Å²) in [5, 5.41) is 4.70. The number of halogens is 2. The highest BCUT2D eigenvalue weighted by Gasteiger charge is 2.07. The van der Waals surface area contributed by atoms with Crippen LogP contribution in [0.5, 0.6) is 0 Å². The van der Waals surface area contributed by atoms with Gasteiger partial charge in [-0.3, -0.25) is 0 Å². The normalized spacial score (nSPS) is 12.3. The van der Waals surface area contributed by atoms with Crippen LogP contribution in [0.3, 0.4) is 0 Å². The van der Waals surface area contributed by atoms with Gasteiger partial charge in [-0.25, -0.2) is 0 Å². The predicted molar refractivity (Wildman–Crippen MR) is 84.4 cm³/mol. The van der Waals surface area contributed by atoms with E-state index in [-0.39, 0.29) is 6.04 Å². The molecule has 2 aromatic rings. The minimum Gasteiger partial charge on any atom is -0.378 e. The molecule has 1 atom stereocenters. The first kappa shape index (κ1) is 14.2. The molecule has 2 aromatic carbocycles. The zero-order chi connectivity index (χ0) is 14.0. The van der Waals surface area contributed by atoms with E-state index in [4.69, 9.17) is 23.2 Å². The molecule has 0 amide bonds. The second-order valence-electron chi connectivity index (χ2n) is 4.87. The Morgan fingerprint density at radius 1 is 0.895 bits per heavy atom. The molecule has 1 nitrogen and oxygen atoms in total. The number of nitrogens with one attached hydrogen (secondary N) is 1. The Morgan fingerprint density at radius 2 is 1.53 bits per heavy atom. The van der Waals surface area contributed by atoms with Gasteiger partial charge in [0.25, 0.3) is 0 Å². The maximum absolute atomic E-state index is 6.00. The minimum atomic E-state index is 0.203. The number of benzene rings is 2. The lowest BCUT2D eigenvalue weighted by molar-refractivity contribution is 0.882. The molecule has 0 radical (unpaired) electrons. The second kappa shape index (κ2) is 5.85. The Bertz CT molecular complexity index is 573. The van der Waals surface area contributed by atoms with Gasteiger partial charge in [-0.15, -0.1) is 0 Å². The molecule has 19 heavy (non-hydrogen) atoms. The first-order valence-electron chi connectivity index (χ1n) is 6.25. The van der Waals surface area contributed by atoms with Crippen LogP contribution >= 0.6 is 23.2 Å². The quantitative estimate of drug-likeness (QED) is 0.756. The smallest absolute Gasteiger partial charge is 0.0485 e. The molecule has 1 unspecified atom stereocenters. The molecular weight excluding hydrogens is 277 g/mol. The molecule has 0 aliphatic carbocycles. The highest BCUT2D eigenvalue weighted by Crippen LogP contribution is 2.26. The molecule has 100 valence electrons. The lowest BCUT2D eigenvalue weighted by Crippen LogP contribution is -2.07. The average Bonchev–Trinajstić information content (AvgIpc) is 2.31. The number of anilines is 1. The monoisotopic (exact) mass is 293 g/mol. The van der Waals surface area contributed by atoms with Gasteiger partial charge in [0.05, 0.1) is 0 Å². The summed E-state index contributed by atoms with van der Waals surface area (Å²) in [6, 6.07) is 12.2. The summed E-state index contributed by atoms with van der Waals surface area (Å²) in [7, 11) is 0. The van der Waals surface area contributed by atoms with E-state index in [2.05, 4.69) is 44.3 Å². The van der Waals surface area contributed by atoms with Crippen LogP contribution in [0.4, 0.5) is 5.69 Å². The largest absolute Gasteiger partial charge is 0.378 e. The molecule has 0 aliphatic rings. The standard InChI is InChI=1S/C16H17Cl2N/c1-10-4-5-13(6-11(10)2)12(3)19-16-8-14(17)7-15(18)9-16/h4-9,12,19H,1-3H3. The van der Waals surface area contributed by atoms with Gasteiger partial charge in [0.1, 0.15) is 0 Å². The Hall–Kier alpha value is -1.18. The van der Waals surface area contributed by atoms with E-state index >= 15 is 0 Å². The van der Waals surface area contributed by atoms with E-state index in [0.29, 0.717) is 10.0 Å². The van der Waals surface area contributed by atoms with Crippen molar-refractivity contribution in [1.29, 1.82) is 0 Å². The highest BCUT2D eigenvalue weighted by molar-refractivity contribution is 6.35. The Morgan fingerprint density at radius 3 is 2.11 bits per heavy atom. The first-order chi connectivity index (χ1) is 8.95. The van der Waals surface area contributed by atoms with E-state index in [1.54, 1.807) is 6.07 Å². The molecule has 0 aromatic heterocycles. The molecule has 2 rings (SSSR count). The van der Waals surface area contributed by atoms with Crippen molar-refractivity contribution in [3.05, 3.63) is 63.1 Å². The van der Waals surface area contributed by atoms with Gasteiger partial charge in [0, 0.05) is 21.8 Å². The lowest BCUT2D eigenvalue weighted by Gasteiger charge is -2.17. The molecule has 0 heterocycles. The maximum Gasteiger partial charge on any atom is 0.0485 e. The maximum atomic E-state index is 6.00. The topological polar surface area (TPSA) is 12.0 Å². The highest BCUT2D eigenvalue weighted by atomic mass is 35.5. The number of rotatable bonds is 3. The number of hydrogen-bond donors (Lipinski definition) is 1. The summed E-state index contributed by atoms with van der Waals surface area (Å²) in [6.07, 6.45) is 0. The molecule has 3 heteroatoms. The summed E-state index contributed by atoms with van der Waals surface area (Å²) in [4.78, 5) is 0. The first-order valence-corrected chi connectivity index (χ1v) is 7.01. The van der Waals surface area contributed by atoms with Crippen molar-refractivity contribution in [1.82, 2.24) is 0 Å². The van der Waals surface area contributed by atoms with Crippen molar-refractivity contribution in [2.24, 2.45) is 0 Å². The fraction of sp³-hybridized carbons (Fsp3) is 0.250. The summed E-state index contributed by atoms with van der Waals surface area (Å²) in [6.45, 7) is 6.37. The van der Waals surface area contributed by atoms with Gasteiger partial charge in [-0.1, -0.05) is 41.4 Å². The molecule has 0 saturated heterocycles. The fourth-order valence-electron chi connectivity index (χ4n) is 2.00. The van der Waals surface area contributed by atoms with Crippen LogP contribution in [0.2, 0.25) is 10.0 Å². The summed E-state index contributed by atoms with van der Waals surface area (Å²) >= 11 is 12.0. The molecule has 0 aliphatic heterocycles. The summed E-state index contributed by atoms with van der Waals surface area (Å²) in [5.74, 6) is 0. The van der Waals surface area contributed by atoms with Crippen LogP contribution in [0.1, 0.15) is 29.7 Å². The number of aryl methyl sites for hydroxylation is 2. The van der Waals surface area contributed by atoms with Crippen molar-refractivity contribution in [3.63, 3.8) is 0 Å². The molecule has 0 fully saturated rings. The van der Waals surface area contributed by atoms with Crippen molar-refractivity contribution in [2.75, 3.05) is 5.32 Å². The van der Waals surface area contributed by atoms with E-state index in [9.17, 15) is 0 Å². The summed E-state index contributed by atoms with van der Waals surface area (Å²) < 4.78 is 0. The summed E-state index contributed by atoms with van der Waals surface area (Å²) in [5.41, 5.74) is 4.79. The van der Waals surface area contributed by atoms with Gasteiger partial charge in [0.2, 0.25) is 0 Å². The SMILES string of the molecule is Cc1ccc(C(C)Nc2cc(Cl)cc(Cl)c2)cc1C. The van der Waals surface area contributed by atoms with E-state index < -0.39 is 0 Å². The van der Waals surface area contributed by atoms with E-state index in [1.165, 1.54) is 16.7 Å². The van der Waals surface area contributed by atoms with Crippen LogP contribution < -0.4 is 5.32 Å². The van der Waals surface area contributed by atoms with E-state index in [1.807, 2.05) is 12.1 Å². The van der Waals surface area contributed by atoms with Gasteiger partial charge < -0.3 is 5.32 Å². The van der Waals surface area contributed by atoms with Crippen molar-refractivity contribution in [2.45, 2.75) is 26.8 Å². The second-order valence-corrected chi connectivity index (χ2v) is 5.74. The van der Waals surface area contributed by atoms with Crippen LogP contribution in [-0.4, -0.2) is 0 Å². The minimum absolute atomic E-state index is 0.203. The van der Waals surface area contributed by atoms with Crippen molar-refractivity contribution < 1.29 is 0 Å². The van der Waals surface area contributed by atoms with Crippen LogP contribution in [0, 0.1) is 13.8 Å². The van der Waals surface area contributed by atoms with E-state index in [0.717, 1.165) is 5.69 Å². The van der Waals surface area contributed by atoms with Crippen molar-refractivity contribution in [3.8, 4) is 0 Å². The van der Waals surface area contributed by atoms with Crippen molar-refractivity contribution >= 4 is 28.9 Å². The molecular formula is C16H17Cl2N. The Labute approximate surface area is 124 Å². The molecule has 0 saturated carbocycles. The number of hydrogen-bond acceptors (Lipinski definition) is 1. The Balaban J connectivity index is 2.20. The third-order valence-electron chi connectivity index (χ3n) is 3.28. The van der Waals surface area contributed by atoms with Gasteiger partial charge in [0.15, 0.2) is 0 Å². The third-order valence-corrected chi connectivity index (χ3v) is 3.71. The van der Waals surface area contributed by atoms with Crippen LogP contribution in [0.15, 0.2) is 36.4 Å². The zero-order valence-corrected chi connectivity index (χ0v) is 12.8. The van der Waals surface area contributed by atoms with Crippen LogP contribution in [0.25, 0.3) is 0 Å². The molecule has 1 N–H and O–H groups in total. The van der Waals surface area contributed by atoms with Crippen LogP contribution in [-0.2, 0) is 0 Å². The van der Waals surface area contributed by atoms with Gasteiger partial charge in [-0.2, -0.15) is 0 Å². The zero-order valence-electron chi connectivity index (χ0n) is 11.3. The Kier molecular flexibility index (Phi) is 4.38. The molecule has 0 spiro atoms. The van der Waals surface area contributed by atoms with Gasteiger partial charge in [-0.05, 0) is 55.7 Å². The fourth-order valence-corrected chi connectivity index (χ4v) is 2.53. The third kappa shape index (κ3) is 3.65. The average molecular weight is 294 g/mol. The predicted octanol–water partition coefficient (Wildman–Crippen LogP) is 5.78.